The standard InChI is InChI=1S/C11H15N3O2/c12-9-2-3-10-8(6-9)7-13-11(16)14(10)4-1-5-15/h2-3,6,15H,1,4-5,7,12H2,(H,13,16). The van der Waals surface area contributed by atoms with Crippen LogP contribution in [0.2, 0.25) is 0 Å². The summed E-state index contributed by atoms with van der Waals surface area (Å²) in [6.45, 7) is 1.10. The molecule has 1 aliphatic rings. The van der Waals surface area contributed by atoms with Gasteiger partial charge in [0.1, 0.15) is 0 Å². The van der Waals surface area contributed by atoms with E-state index in [4.69, 9.17) is 10.8 Å². The number of benzene rings is 1. The minimum atomic E-state index is -0.120. The Balaban J connectivity index is 2.29. The van der Waals surface area contributed by atoms with Gasteiger partial charge in [-0.05, 0) is 30.2 Å². The van der Waals surface area contributed by atoms with Crippen molar-refractivity contribution in [3.63, 3.8) is 0 Å². The Hall–Kier alpha value is -1.75. The maximum atomic E-state index is 11.6. The molecule has 0 bridgehead atoms. The molecule has 2 amide bonds. The van der Waals surface area contributed by atoms with E-state index in [2.05, 4.69) is 5.32 Å². The Morgan fingerprint density at radius 1 is 1.50 bits per heavy atom. The molecule has 1 aliphatic heterocycles. The number of aliphatic hydroxyl groups is 1. The van der Waals surface area contributed by atoms with E-state index in [-0.39, 0.29) is 12.6 Å². The highest BCUT2D eigenvalue weighted by atomic mass is 16.3. The van der Waals surface area contributed by atoms with Gasteiger partial charge < -0.3 is 16.2 Å². The maximum Gasteiger partial charge on any atom is 0.322 e. The number of aliphatic hydroxyl groups excluding tert-OH is 1. The Kier molecular flexibility index (Phi) is 2.96. The monoisotopic (exact) mass is 221 g/mol. The molecule has 5 nitrogen and oxygen atoms in total. The van der Waals surface area contributed by atoms with Crippen LogP contribution in [0.25, 0.3) is 0 Å². The summed E-state index contributed by atoms with van der Waals surface area (Å²) >= 11 is 0. The summed E-state index contributed by atoms with van der Waals surface area (Å²) < 4.78 is 0. The molecule has 2 rings (SSSR count). The maximum absolute atomic E-state index is 11.6. The lowest BCUT2D eigenvalue weighted by Gasteiger charge is -2.30. The number of carbonyl (C=O) groups is 1. The van der Waals surface area contributed by atoms with Crippen LogP contribution in [0.15, 0.2) is 18.2 Å². The number of urea groups is 1. The minimum absolute atomic E-state index is 0.0775. The minimum Gasteiger partial charge on any atom is -0.399 e. The molecule has 0 fully saturated rings. The molecular formula is C11H15N3O2. The molecule has 0 atom stereocenters. The summed E-state index contributed by atoms with van der Waals surface area (Å²) in [4.78, 5) is 13.3. The number of hydrogen-bond donors (Lipinski definition) is 3. The second-order valence-electron chi connectivity index (χ2n) is 3.78. The number of nitrogens with two attached hydrogens (primary N) is 1. The van der Waals surface area contributed by atoms with Crippen LogP contribution < -0.4 is 16.0 Å². The Morgan fingerprint density at radius 2 is 2.31 bits per heavy atom. The Morgan fingerprint density at radius 3 is 3.06 bits per heavy atom. The zero-order valence-corrected chi connectivity index (χ0v) is 8.94. The van der Waals surface area contributed by atoms with Crippen LogP contribution in [-0.4, -0.2) is 24.3 Å². The first kappa shape index (κ1) is 10.8. The Bertz CT molecular complexity index is 406. The third-order valence-corrected chi connectivity index (χ3v) is 2.61. The van der Waals surface area contributed by atoms with Gasteiger partial charge in [0.05, 0.1) is 5.69 Å². The van der Waals surface area contributed by atoms with E-state index in [0.29, 0.717) is 25.2 Å². The van der Waals surface area contributed by atoms with E-state index < -0.39 is 0 Å². The highest BCUT2D eigenvalue weighted by molar-refractivity contribution is 5.95. The smallest absolute Gasteiger partial charge is 0.322 e. The number of rotatable bonds is 3. The van der Waals surface area contributed by atoms with Gasteiger partial charge in [-0.2, -0.15) is 0 Å². The van der Waals surface area contributed by atoms with Crippen LogP contribution in [0.4, 0.5) is 16.2 Å². The van der Waals surface area contributed by atoms with E-state index in [1.165, 1.54) is 0 Å². The van der Waals surface area contributed by atoms with Crippen molar-refractivity contribution in [1.29, 1.82) is 0 Å². The van der Waals surface area contributed by atoms with Gasteiger partial charge in [0.2, 0.25) is 0 Å². The van der Waals surface area contributed by atoms with Crippen LogP contribution in [0.3, 0.4) is 0 Å². The molecule has 5 heteroatoms. The van der Waals surface area contributed by atoms with Crippen LogP contribution in [-0.2, 0) is 6.54 Å². The molecule has 4 N–H and O–H groups in total. The number of nitrogen functional groups attached to an aromatic ring is 1. The SMILES string of the molecule is Nc1ccc2c(c1)CNC(=O)N2CCCO. The molecule has 1 aromatic carbocycles. The molecule has 0 radical (unpaired) electrons. The van der Waals surface area contributed by atoms with E-state index in [1.54, 1.807) is 11.0 Å². The average Bonchev–Trinajstić information content (AvgIpc) is 2.28. The van der Waals surface area contributed by atoms with Crippen molar-refractivity contribution in [2.75, 3.05) is 23.8 Å². The van der Waals surface area contributed by atoms with Gasteiger partial charge in [-0.25, -0.2) is 4.79 Å². The normalized spacial score (nSPS) is 14.6. The number of hydrogen-bond acceptors (Lipinski definition) is 3. The average molecular weight is 221 g/mol. The van der Waals surface area contributed by atoms with Gasteiger partial charge in [0.15, 0.2) is 0 Å². The summed E-state index contributed by atoms with van der Waals surface area (Å²) in [5.41, 5.74) is 8.28. The first-order valence-corrected chi connectivity index (χ1v) is 5.27. The second kappa shape index (κ2) is 4.40. The fourth-order valence-electron chi connectivity index (χ4n) is 1.84. The van der Waals surface area contributed by atoms with Crippen LogP contribution in [0.5, 0.6) is 0 Å². The number of nitrogens with zero attached hydrogens (tertiary/aromatic N) is 1. The molecular weight excluding hydrogens is 206 g/mol. The van der Waals surface area contributed by atoms with Crippen molar-refractivity contribution in [2.24, 2.45) is 0 Å². The Labute approximate surface area is 93.9 Å². The number of carbonyl (C=O) groups excluding carboxylic acids is 1. The quantitative estimate of drug-likeness (QED) is 0.657. The zero-order valence-electron chi connectivity index (χ0n) is 8.94. The van der Waals surface area contributed by atoms with Gasteiger partial charge in [0, 0.05) is 25.4 Å². The van der Waals surface area contributed by atoms with Gasteiger partial charge >= 0.3 is 6.03 Å². The predicted molar refractivity (Wildman–Crippen MR) is 62.1 cm³/mol. The topological polar surface area (TPSA) is 78.6 Å². The number of amides is 2. The highest BCUT2D eigenvalue weighted by Gasteiger charge is 2.22. The lowest BCUT2D eigenvalue weighted by molar-refractivity contribution is 0.242. The van der Waals surface area contributed by atoms with Crippen molar-refractivity contribution in [3.8, 4) is 0 Å². The second-order valence-corrected chi connectivity index (χ2v) is 3.78. The summed E-state index contributed by atoms with van der Waals surface area (Å²) in [6.07, 6.45) is 0.567. The molecule has 1 aromatic rings. The predicted octanol–water partition coefficient (Wildman–Crippen LogP) is 0.681. The lowest BCUT2D eigenvalue weighted by atomic mass is 10.1. The largest absolute Gasteiger partial charge is 0.399 e. The molecule has 0 saturated carbocycles. The third-order valence-electron chi connectivity index (χ3n) is 2.61. The summed E-state index contributed by atoms with van der Waals surface area (Å²) in [6, 6.07) is 5.37. The molecule has 0 unspecified atom stereocenters. The molecule has 0 saturated heterocycles. The molecule has 0 spiro atoms. The highest BCUT2D eigenvalue weighted by Crippen LogP contribution is 2.26. The van der Waals surface area contributed by atoms with Crippen molar-refractivity contribution < 1.29 is 9.90 Å². The van der Waals surface area contributed by atoms with E-state index in [0.717, 1.165) is 11.3 Å². The van der Waals surface area contributed by atoms with Crippen LogP contribution in [0.1, 0.15) is 12.0 Å². The van der Waals surface area contributed by atoms with Crippen LogP contribution >= 0.6 is 0 Å². The first-order valence-electron chi connectivity index (χ1n) is 5.27. The molecule has 1 heterocycles. The van der Waals surface area contributed by atoms with E-state index in [1.807, 2.05) is 12.1 Å². The lowest BCUT2D eigenvalue weighted by Crippen LogP contribution is -2.44. The van der Waals surface area contributed by atoms with Gasteiger partial charge in [-0.3, -0.25) is 4.90 Å². The van der Waals surface area contributed by atoms with Gasteiger partial charge in [0.25, 0.3) is 0 Å². The summed E-state index contributed by atoms with van der Waals surface area (Å²) in [5, 5.41) is 11.6. The number of fused-ring (bicyclic) bond motifs is 1. The van der Waals surface area contributed by atoms with Crippen molar-refractivity contribution in [2.45, 2.75) is 13.0 Å². The summed E-state index contributed by atoms with van der Waals surface area (Å²) in [7, 11) is 0. The molecule has 16 heavy (non-hydrogen) atoms. The van der Waals surface area contributed by atoms with Gasteiger partial charge in [-0.15, -0.1) is 0 Å². The fourth-order valence-corrected chi connectivity index (χ4v) is 1.84. The summed E-state index contributed by atoms with van der Waals surface area (Å²) in [5.74, 6) is 0. The van der Waals surface area contributed by atoms with Gasteiger partial charge in [-0.1, -0.05) is 0 Å². The fraction of sp³-hybridized carbons (Fsp3) is 0.364. The first-order chi connectivity index (χ1) is 7.72. The zero-order chi connectivity index (χ0) is 11.5. The number of nitrogens with one attached hydrogen (secondary N) is 1. The number of anilines is 2. The molecule has 86 valence electrons. The van der Waals surface area contributed by atoms with Crippen molar-refractivity contribution in [1.82, 2.24) is 5.32 Å². The van der Waals surface area contributed by atoms with E-state index >= 15 is 0 Å². The van der Waals surface area contributed by atoms with Crippen molar-refractivity contribution in [3.05, 3.63) is 23.8 Å². The van der Waals surface area contributed by atoms with Crippen molar-refractivity contribution >= 4 is 17.4 Å². The van der Waals surface area contributed by atoms with E-state index in [9.17, 15) is 4.79 Å². The van der Waals surface area contributed by atoms with Crippen LogP contribution in [0, 0.1) is 0 Å². The molecule has 0 aliphatic carbocycles. The third kappa shape index (κ3) is 1.94. The molecule has 0 aromatic heterocycles.